The number of carboxylic acid groups (broad SMARTS) is 1. The lowest BCUT2D eigenvalue weighted by Crippen LogP contribution is -2.52. The smallest absolute Gasteiger partial charge is 0.327 e. The van der Waals surface area contributed by atoms with Crippen molar-refractivity contribution in [3.8, 4) is 5.75 Å². The summed E-state index contributed by atoms with van der Waals surface area (Å²) in [5.41, 5.74) is -0.208. The third-order valence-corrected chi connectivity index (χ3v) is 9.95. The third kappa shape index (κ3) is 6.60. The lowest BCUT2D eigenvalue weighted by atomic mass is 9.80. The monoisotopic (exact) mass is 550 g/mol. The Morgan fingerprint density at radius 1 is 1.05 bits per heavy atom. The highest BCUT2D eigenvalue weighted by atomic mass is 33.1. The summed E-state index contributed by atoms with van der Waals surface area (Å²) in [4.78, 5) is 50.9. The summed E-state index contributed by atoms with van der Waals surface area (Å²) in [5.74, 6) is -0.999. The van der Waals surface area contributed by atoms with Gasteiger partial charge in [0.2, 0.25) is 11.8 Å². The molecule has 0 radical (unpaired) electrons. The van der Waals surface area contributed by atoms with Crippen LogP contribution in [0.2, 0.25) is 0 Å². The minimum atomic E-state index is -1.20. The largest absolute Gasteiger partial charge is 0.508 e. The average molecular weight is 551 g/mol. The fourth-order valence-corrected chi connectivity index (χ4v) is 7.74. The van der Waals surface area contributed by atoms with Crippen molar-refractivity contribution in [1.82, 2.24) is 21.3 Å². The van der Waals surface area contributed by atoms with Gasteiger partial charge in [-0.3, -0.25) is 14.4 Å². The molecular weight excluding hydrogens is 516 g/mol. The Hall–Kier alpha value is -2.28. The van der Waals surface area contributed by atoms with E-state index < -0.39 is 29.4 Å². The predicted octanol–water partition coefficient (Wildman–Crippen LogP) is 1.01. The maximum Gasteiger partial charge on any atom is 0.327 e. The van der Waals surface area contributed by atoms with Crippen molar-refractivity contribution in [2.45, 2.75) is 56.1 Å². The number of rotatable bonds is 4. The van der Waals surface area contributed by atoms with Gasteiger partial charge in [-0.1, -0.05) is 33.7 Å². The van der Waals surface area contributed by atoms with Crippen LogP contribution in [-0.4, -0.2) is 83.0 Å². The molecule has 3 fully saturated rings. The van der Waals surface area contributed by atoms with Gasteiger partial charge in [-0.2, -0.15) is 0 Å². The summed E-state index contributed by atoms with van der Waals surface area (Å²) in [6, 6.07) is 5.22. The van der Waals surface area contributed by atoms with Gasteiger partial charge in [0, 0.05) is 30.4 Å². The molecule has 1 aromatic carbocycles. The van der Waals surface area contributed by atoms with Crippen molar-refractivity contribution >= 4 is 45.2 Å². The number of carboxylic acids is 1. The van der Waals surface area contributed by atoms with E-state index in [0.29, 0.717) is 44.6 Å². The molecule has 37 heavy (non-hydrogen) atoms. The lowest BCUT2D eigenvalue weighted by molar-refractivity contribution is -0.146. The number of nitrogens with one attached hydrogen (secondary N) is 4. The van der Waals surface area contributed by atoms with Crippen LogP contribution < -0.4 is 21.3 Å². The standard InChI is InChI=1S/C25H34N4O6S2/c30-17-5-3-15(4-6-17)18-7-10-27-21(18)22(32)28-16-12-26-11-9-25(8-1-2-20(25)31)24(35)29-19(23(33)34)14-37-36-13-16/h3-6,16,18-19,21,26-27,30H,1-2,7-14H2,(H,28,32)(H,29,35)(H,33,34)/t16-,18+,19+,21?,25?/m1/s1. The second-order valence-corrected chi connectivity index (χ2v) is 12.4. The van der Waals surface area contributed by atoms with E-state index in [1.54, 1.807) is 12.1 Å². The Kier molecular flexibility index (Phi) is 9.38. The number of amides is 2. The van der Waals surface area contributed by atoms with Gasteiger partial charge < -0.3 is 31.5 Å². The molecule has 1 aromatic rings. The van der Waals surface area contributed by atoms with Crippen LogP contribution in [0.1, 0.15) is 43.6 Å². The fourth-order valence-electron chi connectivity index (χ4n) is 5.34. The van der Waals surface area contributed by atoms with Crippen molar-refractivity contribution in [1.29, 1.82) is 0 Å². The van der Waals surface area contributed by atoms with E-state index in [9.17, 15) is 29.4 Å². The minimum Gasteiger partial charge on any atom is -0.508 e. The highest BCUT2D eigenvalue weighted by Crippen LogP contribution is 2.38. The van der Waals surface area contributed by atoms with Crippen molar-refractivity contribution in [2.24, 2.45) is 5.41 Å². The summed E-state index contributed by atoms with van der Waals surface area (Å²) < 4.78 is 0. The van der Waals surface area contributed by atoms with Crippen molar-refractivity contribution in [3.05, 3.63) is 29.8 Å². The summed E-state index contributed by atoms with van der Waals surface area (Å²) in [7, 11) is 2.77. The van der Waals surface area contributed by atoms with Crippen LogP contribution in [0.3, 0.4) is 0 Å². The first-order valence-electron chi connectivity index (χ1n) is 12.6. The normalized spacial score (nSPS) is 31.7. The van der Waals surface area contributed by atoms with Gasteiger partial charge in [0.15, 0.2) is 0 Å². The quantitative estimate of drug-likeness (QED) is 0.236. The van der Waals surface area contributed by atoms with Crippen molar-refractivity contribution < 1.29 is 29.4 Å². The molecule has 12 heteroatoms. The molecule has 2 heterocycles. The highest BCUT2D eigenvalue weighted by molar-refractivity contribution is 8.76. The molecule has 6 N–H and O–H groups in total. The predicted molar refractivity (Wildman–Crippen MR) is 142 cm³/mol. The number of benzene rings is 1. The molecule has 0 bridgehead atoms. The Bertz CT molecular complexity index is 1010. The third-order valence-electron chi connectivity index (χ3n) is 7.46. The number of aromatic hydroxyl groups is 1. The van der Waals surface area contributed by atoms with Crippen molar-refractivity contribution in [2.75, 3.05) is 31.1 Å². The molecule has 3 aliphatic rings. The molecule has 1 spiro atoms. The molecule has 2 aliphatic heterocycles. The number of aliphatic carboxylic acids is 1. The van der Waals surface area contributed by atoms with Crippen LogP contribution >= 0.6 is 21.6 Å². The van der Waals surface area contributed by atoms with E-state index in [-0.39, 0.29) is 41.6 Å². The van der Waals surface area contributed by atoms with Gasteiger partial charge in [0.05, 0.1) is 12.1 Å². The fraction of sp³-hybridized carbons (Fsp3) is 0.600. The Labute approximate surface area is 223 Å². The molecule has 4 rings (SSSR count). The van der Waals surface area contributed by atoms with Gasteiger partial charge in [0.1, 0.15) is 23.0 Å². The second-order valence-electron chi connectivity index (χ2n) is 9.87. The van der Waals surface area contributed by atoms with Crippen LogP contribution in [0.5, 0.6) is 5.75 Å². The number of Topliss-reactive ketones (excluding diaryl/α,β-unsaturated/α-hetero) is 1. The zero-order valence-corrected chi connectivity index (χ0v) is 22.2. The van der Waals surface area contributed by atoms with E-state index >= 15 is 0 Å². The molecule has 5 atom stereocenters. The Morgan fingerprint density at radius 3 is 2.51 bits per heavy atom. The lowest BCUT2D eigenvalue weighted by Gasteiger charge is -2.28. The van der Waals surface area contributed by atoms with Crippen LogP contribution in [-0.2, 0) is 19.2 Å². The number of hydrogen-bond acceptors (Lipinski definition) is 9. The number of carbonyl (C=O) groups is 4. The summed E-state index contributed by atoms with van der Waals surface area (Å²) in [6.07, 6.45) is 2.46. The van der Waals surface area contributed by atoms with Crippen LogP contribution in [0.25, 0.3) is 0 Å². The molecule has 10 nitrogen and oxygen atoms in total. The molecule has 1 saturated carbocycles. The van der Waals surface area contributed by atoms with Gasteiger partial charge in [-0.15, -0.1) is 0 Å². The maximum absolute atomic E-state index is 13.3. The van der Waals surface area contributed by atoms with E-state index in [1.165, 1.54) is 21.6 Å². The van der Waals surface area contributed by atoms with E-state index in [4.69, 9.17) is 0 Å². The zero-order valence-electron chi connectivity index (χ0n) is 20.5. The van der Waals surface area contributed by atoms with Gasteiger partial charge in [-0.25, -0.2) is 4.79 Å². The molecule has 1 aliphatic carbocycles. The average Bonchev–Trinajstić information content (AvgIpc) is 3.51. The minimum absolute atomic E-state index is 0.00741. The molecular formula is C25H34N4O6S2. The summed E-state index contributed by atoms with van der Waals surface area (Å²) in [5, 5.41) is 31.6. The number of phenolic OH excluding ortho intramolecular Hbond substituents is 1. The first-order valence-corrected chi connectivity index (χ1v) is 15.1. The molecule has 2 amide bonds. The van der Waals surface area contributed by atoms with Gasteiger partial charge in [-0.05, 0) is 56.5 Å². The summed E-state index contributed by atoms with van der Waals surface area (Å²) >= 11 is 0. The first kappa shape index (κ1) is 27.7. The zero-order chi connectivity index (χ0) is 26.4. The van der Waals surface area contributed by atoms with Crippen LogP contribution in [0, 0.1) is 5.41 Å². The topological polar surface area (TPSA) is 157 Å². The first-order chi connectivity index (χ1) is 17.8. The molecule has 202 valence electrons. The van der Waals surface area contributed by atoms with Gasteiger partial charge >= 0.3 is 5.97 Å². The van der Waals surface area contributed by atoms with E-state index in [0.717, 1.165) is 12.0 Å². The number of phenols is 1. The molecule has 2 unspecified atom stereocenters. The second kappa shape index (κ2) is 12.5. The van der Waals surface area contributed by atoms with E-state index in [2.05, 4.69) is 21.3 Å². The SMILES string of the molecule is O=C(N[C@@H]1CNCCC2(CCCC2=O)C(=O)N[C@H](C(=O)O)CSSC1)C1NCC[C@H]1c1ccc(O)cc1. The number of hydrogen-bond donors (Lipinski definition) is 6. The van der Waals surface area contributed by atoms with Gasteiger partial charge in [0.25, 0.3) is 0 Å². The number of ketones is 1. The maximum atomic E-state index is 13.3. The highest BCUT2D eigenvalue weighted by Gasteiger charge is 2.48. The van der Waals surface area contributed by atoms with E-state index in [1.807, 2.05) is 12.1 Å². The summed E-state index contributed by atoms with van der Waals surface area (Å²) in [6.45, 7) is 1.58. The molecule has 0 aromatic heterocycles. The Morgan fingerprint density at radius 2 is 1.81 bits per heavy atom. The molecule has 2 saturated heterocycles. The Balaban J connectivity index is 1.43. The number of carbonyl (C=O) groups excluding carboxylic acids is 3. The van der Waals surface area contributed by atoms with Crippen LogP contribution in [0.15, 0.2) is 24.3 Å². The van der Waals surface area contributed by atoms with Crippen LogP contribution in [0.4, 0.5) is 0 Å². The van der Waals surface area contributed by atoms with Crippen molar-refractivity contribution in [3.63, 3.8) is 0 Å².